The van der Waals surface area contributed by atoms with Crippen molar-refractivity contribution in [3.63, 3.8) is 0 Å². The molecule has 1 atom stereocenters. The van der Waals surface area contributed by atoms with Gasteiger partial charge in [-0.05, 0) is 29.7 Å². The zero-order valence-corrected chi connectivity index (χ0v) is 18.3. The molecule has 2 saturated heterocycles. The molecule has 0 aliphatic carbocycles. The minimum atomic E-state index is -2.47. The molecule has 0 bridgehead atoms. The van der Waals surface area contributed by atoms with Crippen molar-refractivity contribution in [2.45, 2.75) is 38.5 Å². The molecular formula is C25H25N3O6. The third-order valence-electron chi connectivity index (χ3n) is 6.03. The van der Waals surface area contributed by atoms with Gasteiger partial charge >= 0.3 is 0 Å². The molecule has 1 N–H and O–H groups in total. The monoisotopic (exact) mass is 466 g/mol. The van der Waals surface area contributed by atoms with Gasteiger partial charge in [0, 0.05) is 33.3 Å². The largest absolute Gasteiger partial charge is 0.489 e. The van der Waals surface area contributed by atoms with Crippen molar-refractivity contribution < 1.29 is 32.8 Å². The van der Waals surface area contributed by atoms with Gasteiger partial charge in [0.2, 0.25) is 17.7 Å². The molecule has 9 nitrogen and oxygen atoms in total. The van der Waals surface area contributed by atoms with E-state index >= 15 is 0 Å². The van der Waals surface area contributed by atoms with E-state index in [1.165, 1.54) is 0 Å². The SMILES string of the molecule is [2H]C1([2H])CC([2H])(N2Cc3c(OCc4ccc(CN5CCOCC5=O)cc4)cccc3C2=O)C(=O)NC1=O. The summed E-state index contributed by atoms with van der Waals surface area (Å²) in [4.78, 5) is 52.1. The van der Waals surface area contributed by atoms with Crippen molar-refractivity contribution in [2.75, 3.05) is 19.8 Å². The summed E-state index contributed by atoms with van der Waals surface area (Å²) in [6.45, 7) is 1.75. The van der Waals surface area contributed by atoms with Gasteiger partial charge in [-0.3, -0.25) is 24.5 Å². The van der Waals surface area contributed by atoms with Gasteiger partial charge in [-0.2, -0.15) is 0 Å². The van der Waals surface area contributed by atoms with Crippen molar-refractivity contribution in [3.8, 4) is 5.75 Å². The first-order valence-electron chi connectivity index (χ1n) is 12.4. The van der Waals surface area contributed by atoms with Crippen LogP contribution in [0, 0.1) is 0 Å². The molecule has 176 valence electrons. The van der Waals surface area contributed by atoms with Gasteiger partial charge in [-0.1, -0.05) is 30.3 Å². The fourth-order valence-corrected chi connectivity index (χ4v) is 4.18. The predicted octanol–water partition coefficient (Wildman–Crippen LogP) is 1.39. The molecule has 0 radical (unpaired) electrons. The van der Waals surface area contributed by atoms with Crippen LogP contribution in [0.2, 0.25) is 0 Å². The number of amides is 4. The van der Waals surface area contributed by atoms with Crippen LogP contribution in [-0.4, -0.2) is 59.2 Å². The molecule has 0 spiro atoms. The first-order valence-corrected chi connectivity index (χ1v) is 10.9. The Balaban J connectivity index is 1.28. The quantitative estimate of drug-likeness (QED) is 0.645. The molecule has 0 saturated carbocycles. The summed E-state index contributed by atoms with van der Waals surface area (Å²) >= 11 is 0. The molecule has 3 heterocycles. The van der Waals surface area contributed by atoms with E-state index in [0.717, 1.165) is 16.0 Å². The van der Waals surface area contributed by atoms with E-state index in [9.17, 15) is 19.2 Å². The number of hydrogen-bond donors (Lipinski definition) is 1. The van der Waals surface area contributed by atoms with E-state index < -0.39 is 36.5 Å². The second kappa shape index (κ2) is 9.26. The Labute approximate surface area is 200 Å². The van der Waals surface area contributed by atoms with E-state index in [1.807, 2.05) is 29.6 Å². The summed E-state index contributed by atoms with van der Waals surface area (Å²) in [5, 5.41) is 1.88. The minimum Gasteiger partial charge on any atom is -0.489 e. The normalized spacial score (nSPS) is 25.4. The maximum atomic E-state index is 13.1. The summed E-state index contributed by atoms with van der Waals surface area (Å²) < 4.78 is 35.5. The third kappa shape index (κ3) is 4.38. The number of imide groups is 1. The van der Waals surface area contributed by atoms with Gasteiger partial charge in [0.15, 0.2) is 0 Å². The van der Waals surface area contributed by atoms with Gasteiger partial charge in [-0.15, -0.1) is 0 Å². The van der Waals surface area contributed by atoms with Gasteiger partial charge < -0.3 is 19.3 Å². The molecule has 2 fully saturated rings. The second-order valence-corrected chi connectivity index (χ2v) is 8.23. The lowest BCUT2D eigenvalue weighted by molar-refractivity contribution is -0.143. The summed E-state index contributed by atoms with van der Waals surface area (Å²) in [6, 6.07) is 10.2. The van der Waals surface area contributed by atoms with Crippen molar-refractivity contribution in [3.05, 3.63) is 64.7 Å². The highest BCUT2D eigenvalue weighted by atomic mass is 16.5. The lowest BCUT2D eigenvalue weighted by Crippen LogP contribution is -2.52. The number of carbonyl (C=O) groups excluding carboxylic acids is 4. The molecule has 9 heteroatoms. The number of rotatable bonds is 6. The Bertz CT molecular complexity index is 1280. The maximum Gasteiger partial charge on any atom is 0.255 e. The van der Waals surface area contributed by atoms with Crippen LogP contribution < -0.4 is 10.1 Å². The Hall–Kier alpha value is -3.72. The van der Waals surface area contributed by atoms with E-state index in [-0.39, 0.29) is 31.2 Å². The highest BCUT2D eigenvalue weighted by molar-refractivity contribution is 6.05. The molecule has 34 heavy (non-hydrogen) atoms. The fraction of sp³-hybridized carbons (Fsp3) is 0.360. The Morgan fingerprint density at radius 3 is 2.71 bits per heavy atom. The standard InChI is InChI=1S/C25H25N3O6/c29-22-9-8-20(24(31)26-22)28-13-19-18(25(28)32)2-1-3-21(19)34-14-17-6-4-16(5-7-17)12-27-10-11-33-15-23(27)30/h1-7,20H,8-15H2,(H,26,29,31)/i9D2,20D. The smallest absolute Gasteiger partial charge is 0.255 e. The van der Waals surface area contributed by atoms with Crippen molar-refractivity contribution in [2.24, 2.45) is 0 Å². The number of ether oxygens (including phenoxy) is 2. The second-order valence-electron chi connectivity index (χ2n) is 8.23. The van der Waals surface area contributed by atoms with Crippen molar-refractivity contribution in [1.29, 1.82) is 0 Å². The van der Waals surface area contributed by atoms with E-state index in [2.05, 4.69) is 0 Å². The summed E-state index contributed by atoms with van der Waals surface area (Å²) in [6.07, 6.45) is -3.23. The molecule has 2 aromatic rings. The first kappa shape index (κ1) is 18.7. The minimum absolute atomic E-state index is 0.0388. The summed E-state index contributed by atoms with van der Waals surface area (Å²) in [5.41, 5.74) is 2.60. The number of nitrogens with zero attached hydrogens (tertiary/aromatic N) is 2. The Morgan fingerprint density at radius 1 is 1.12 bits per heavy atom. The van der Waals surface area contributed by atoms with Crippen LogP contribution in [0.3, 0.4) is 0 Å². The number of hydrogen-bond acceptors (Lipinski definition) is 6. The number of benzene rings is 2. The first-order chi connectivity index (χ1) is 17.6. The Kier molecular flexibility index (Phi) is 5.09. The van der Waals surface area contributed by atoms with Crippen LogP contribution in [0.1, 0.15) is 44.0 Å². The van der Waals surface area contributed by atoms with Gasteiger partial charge in [0.05, 0.1) is 14.5 Å². The molecule has 3 aliphatic rings. The number of morpholine rings is 1. The summed E-state index contributed by atoms with van der Waals surface area (Å²) in [7, 11) is 0. The zero-order valence-electron chi connectivity index (χ0n) is 21.3. The number of nitrogens with one attached hydrogen (secondary N) is 1. The molecule has 5 rings (SSSR count). The van der Waals surface area contributed by atoms with Gasteiger partial charge in [-0.25, -0.2) is 0 Å². The average Bonchev–Trinajstić information content (AvgIpc) is 3.21. The van der Waals surface area contributed by atoms with Crippen LogP contribution in [-0.2, 0) is 38.8 Å². The van der Waals surface area contributed by atoms with Crippen LogP contribution >= 0.6 is 0 Å². The van der Waals surface area contributed by atoms with Crippen LogP contribution in [0.4, 0.5) is 0 Å². The number of carbonyl (C=O) groups is 4. The topological polar surface area (TPSA) is 105 Å². The van der Waals surface area contributed by atoms with Crippen LogP contribution in [0.25, 0.3) is 0 Å². The van der Waals surface area contributed by atoms with Crippen molar-refractivity contribution >= 4 is 23.6 Å². The molecule has 2 aromatic carbocycles. The molecule has 4 amide bonds. The maximum absolute atomic E-state index is 13.1. The van der Waals surface area contributed by atoms with Crippen LogP contribution in [0.15, 0.2) is 42.5 Å². The van der Waals surface area contributed by atoms with Crippen molar-refractivity contribution in [1.82, 2.24) is 15.1 Å². The summed E-state index contributed by atoms with van der Waals surface area (Å²) in [5.74, 6) is -2.37. The van der Waals surface area contributed by atoms with E-state index in [4.69, 9.17) is 13.6 Å². The lowest BCUT2D eigenvalue weighted by atomic mass is 10.0. The van der Waals surface area contributed by atoms with Gasteiger partial charge in [0.1, 0.15) is 25.0 Å². The number of fused-ring (bicyclic) bond motifs is 1. The van der Waals surface area contributed by atoms with Gasteiger partial charge in [0.25, 0.3) is 5.91 Å². The molecule has 0 aromatic heterocycles. The molecule has 3 aliphatic heterocycles. The van der Waals surface area contributed by atoms with E-state index in [1.54, 1.807) is 23.1 Å². The molecular weight excluding hydrogens is 438 g/mol. The average molecular weight is 467 g/mol. The van der Waals surface area contributed by atoms with E-state index in [0.29, 0.717) is 31.0 Å². The lowest BCUT2D eigenvalue weighted by Gasteiger charge is -2.29. The third-order valence-corrected chi connectivity index (χ3v) is 6.03. The Morgan fingerprint density at radius 2 is 1.91 bits per heavy atom. The van der Waals surface area contributed by atoms with Crippen LogP contribution in [0.5, 0.6) is 5.75 Å². The molecule has 1 unspecified atom stereocenters. The zero-order chi connectivity index (χ0) is 26.4. The number of piperidine rings is 1. The fourth-order valence-electron chi connectivity index (χ4n) is 4.18. The predicted molar refractivity (Wildman–Crippen MR) is 119 cm³/mol. The highest BCUT2D eigenvalue weighted by Gasteiger charge is 2.40. The highest BCUT2D eigenvalue weighted by Crippen LogP contribution is 2.34.